The lowest BCUT2D eigenvalue weighted by Crippen LogP contribution is -2.15. The van der Waals surface area contributed by atoms with Crippen LogP contribution < -0.4 is 0 Å². The van der Waals surface area contributed by atoms with Crippen molar-refractivity contribution in [3.63, 3.8) is 0 Å². The van der Waals surface area contributed by atoms with E-state index in [1.165, 1.54) is 109 Å². The van der Waals surface area contributed by atoms with Gasteiger partial charge in [0.2, 0.25) is 0 Å². The normalized spacial score (nSPS) is 13.3. The van der Waals surface area contributed by atoms with Crippen molar-refractivity contribution in [2.24, 2.45) is 11.8 Å². The Morgan fingerprint density at radius 3 is 1.53 bits per heavy atom. The number of ether oxygens (including phenoxy) is 1. The summed E-state index contributed by atoms with van der Waals surface area (Å²) in [7, 11) is 0. The maximum absolute atomic E-state index is 12.1. The first kappa shape index (κ1) is 29.5. The molecule has 0 aliphatic rings. The molecule has 0 radical (unpaired) electrons. The van der Waals surface area contributed by atoms with Crippen LogP contribution in [0.4, 0.5) is 0 Å². The van der Waals surface area contributed by atoms with E-state index >= 15 is 0 Å². The van der Waals surface area contributed by atoms with Gasteiger partial charge in [-0.3, -0.25) is 4.79 Å². The number of rotatable bonds is 23. The molecule has 0 aliphatic heterocycles. The molecular formula is C28H56O2. The molecule has 0 bridgehead atoms. The van der Waals surface area contributed by atoms with Gasteiger partial charge in [-0.25, -0.2) is 0 Å². The SMILES string of the molecule is CCCCCCCCCCCCCCOC(=O)C(C)CCCCCCCC(C)CC. The number of esters is 1. The Morgan fingerprint density at radius 1 is 0.600 bits per heavy atom. The molecule has 0 fully saturated rings. The number of carbonyl (C=O) groups is 1. The van der Waals surface area contributed by atoms with Gasteiger partial charge < -0.3 is 4.74 Å². The molecule has 0 saturated heterocycles. The van der Waals surface area contributed by atoms with E-state index in [0.29, 0.717) is 6.61 Å². The maximum atomic E-state index is 12.1. The number of hydrogen-bond acceptors (Lipinski definition) is 2. The van der Waals surface area contributed by atoms with Gasteiger partial charge in [0.25, 0.3) is 0 Å². The fourth-order valence-electron chi connectivity index (χ4n) is 4.05. The van der Waals surface area contributed by atoms with Crippen molar-refractivity contribution in [2.45, 2.75) is 156 Å². The summed E-state index contributed by atoms with van der Waals surface area (Å²) in [5.74, 6) is 0.974. The number of hydrogen-bond donors (Lipinski definition) is 0. The maximum Gasteiger partial charge on any atom is 0.308 e. The summed E-state index contributed by atoms with van der Waals surface area (Å²) in [6.07, 6.45) is 26.2. The van der Waals surface area contributed by atoms with E-state index in [1.54, 1.807) is 0 Å². The van der Waals surface area contributed by atoms with Crippen molar-refractivity contribution in [1.29, 1.82) is 0 Å². The summed E-state index contributed by atoms with van der Waals surface area (Å²) in [5, 5.41) is 0. The van der Waals surface area contributed by atoms with E-state index in [2.05, 4.69) is 20.8 Å². The fraction of sp³-hybridized carbons (Fsp3) is 0.964. The zero-order valence-corrected chi connectivity index (χ0v) is 21.3. The highest BCUT2D eigenvalue weighted by Gasteiger charge is 2.13. The average Bonchev–Trinajstić information content (AvgIpc) is 2.75. The van der Waals surface area contributed by atoms with Crippen molar-refractivity contribution >= 4 is 5.97 Å². The smallest absolute Gasteiger partial charge is 0.308 e. The van der Waals surface area contributed by atoms with Crippen LogP contribution in [0.25, 0.3) is 0 Å². The van der Waals surface area contributed by atoms with Gasteiger partial charge in [-0.15, -0.1) is 0 Å². The molecule has 2 nitrogen and oxygen atoms in total. The Hall–Kier alpha value is -0.530. The molecule has 2 unspecified atom stereocenters. The van der Waals surface area contributed by atoms with E-state index in [-0.39, 0.29) is 11.9 Å². The Morgan fingerprint density at radius 2 is 1.03 bits per heavy atom. The summed E-state index contributed by atoms with van der Waals surface area (Å²) >= 11 is 0. The summed E-state index contributed by atoms with van der Waals surface area (Å²) in [5.41, 5.74) is 0. The molecular weight excluding hydrogens is 368 g/mol. The van der Waals surface area contributed by atoms with Gasteiger partial charge in [0.1, 0.15) is 0 Å². The first-order chi connectivity index (χ1) is 14.6. The zero-order valence-electron chi connectivity index (χ0n) is 21.3. The van der Waals surface area contributed by atoms with E-state index < -0.39 is 0 Å². The van der Waals surface area contributed by atoms with Crippen LogP contribution in [0.15, 0.2) is 0 Å². The van der Waals surface area contributed by atoms with Crippen molar-refractivity contribution in [1.82, 2.24) is 0 Å². The summed E-state index contributed by atoms with van der Waals surface area (Å²) in [6.45, 7) is 9.57. The predicted octanol–water partition coefficient (Wildman–Crippen LogP) is 9.64. The minimum atomic E-state index is 0.0230. The lowest BCUT2D eigenvalue weighted by atomic mass is 9.98. The molecule has 0 aliphatic carbocycles. The Kier molecular flexibility index (Phi) is 22.7. The second-order valence-corrected chi connectivity index (χ2v) is 9.82. The van der Waals surface area contributed by atoms with Gasteiger partial charge in [0, 0.05) is 0 Å². The van der Waals surface area contributed by atoms with Crippen molar-refractivity contribution in [3.8, 4) is 0 Å². The zero-order chi connectivity index (χ0) is 22.3. The van der Waals surface area contributed by atoms with Crippen molar-refractivity contribution < 1.29 is 9.53 Å². The Bertz CT molecular complexity index is 353. The minimum Gasteiger partial charge on any atom is -0.465 e. The summed E-state index contributed by atoms with van der Waals surface area (Å²) in [4.78, 5) is 12.1. The lowest BCUT2D eigenvalue weighted by molar-refractivity contribution is -0.148. The lowest BCUT2D eigenvalue weighted by Gasteiger charge is -2.11. The van der Waals surface area contributed by atoms with Gasteiger partial charge in [-0.05, 0) is 18.8 Å². The molecule has 180 valence electrons. The van der Waals surface area contributed by atoms with E-state index in [9.17, 15) is 4.79 Å². The molecule has 0 saturated carbocycles. The first-order valence-corrected chi connectivity index (χ1v) is 13.8. The Labute approximate surface area is 190 Å². The molecule has 30 heavy (non-hydrogen) atoms. The first-order valence-electron chi connectivity index (χ1n) is 13.8. The van der Waals surface area contributed by atoms with Crippen LogP contribution in [0, 0.1) is 11.8 Å². The highest BCUT2D eigenvalue weighted by Crippen LogP contribution is 2.17. The summed E-state index contributed by atoms with van der Waals surface area (Å²) in [6, 6.07) is 0. The number of unbranched alkanes of at least 4 members (excludes halogenated alkanes) is 15. The van der Waals surface area contributed by atoms with Crippen LogP contribution in [0.2, 0.25) is 0 Å². The highest BCUT2D eigenvalue weighted by atomic mass is 16.5. The highest BCUT2D eigenvalue weighted by molar-refractivity contribution is 5.71. The second kappa shape index (κ2) is 23.1. The monoisotopic (exact) mass is 424 g/mol. The van der Waals surface area contributed by atoms with E-state index in [1.807, 2.05) is 6.92 Å². The van der Waals surface area contributed by atoms with E-state index in [4.69, 9.17) is 4.74 Å². The van der Waals surface area contributed by atoms with Gasteiger partial charge >= 0.3 is 5.97 Å². The van der Waals surface area contributed by atoms with Crippen LogP contribution in [-0.4, -0.2) is 12.6 Å². The van der Waals surface area contributed by atoms with Crippen molar-refractivity contribution in [2.75, 3.05) is 6.61 Å². The molecule has 0 spiro atoms. The van der Waals surface area contributed by atoms with Crippen LogP contribution in [-0.2, 0) is 9.53 Å². The quantitative estimate of drug-likeness (QED) is 0.120. The molecule has 0 heterocycles. The third kappa shape index (κ3) is 20.7. The molecule has 0 N–H and O–H groups in total. The molecule has 2 heteroatoms. The molecule has 0 aromatic carbocycles. The molecule has 2 atom stereocenters. The van der Waals surface area contributed by atoms with Gasteiger partial charge in [-0.1, -0.05) is 143 Å². The van der Waals surface area contributed by atoms with Gasteiger partial charge in [-0.2, -0.15) is 0 Å². The topological polar surface area (TPSA) is 26.3 Å². The van der Waals surface area contributed by atoms with Crippen molar-refractivity contribution in [3.05, 3.63) is 0 Å². The number of carbonyl (C=O) groups excluding carboxylic acids is 1. The molecule has 0 rings (SSSR count). The van der Waals surface area contributed by atoms with Crippen LogP contribution >= 0.6 is 0 Å². The van der Waals surface area contributed by atoms with Gasteiger partial charge in [0.15, 0.2) is 0 Å². The molecule has 0 aromatic heterocycles. The fourth-order valence-corrected chi connectivity index (χ4v) is 4.05. The van der Waals surface area contributed by atoms with Crippen LogP contribution in [0.5, 0.6) is 0 Å². The second-order valence-electron chi connectivity index (χ2n) is 9.82. The van der Waals surface area contributed by atoms with Crippen LogP contribution in [0.3, 0.4) is 0 Å². The largest absolute Gasteiger partial charge is 0.465 e. The summed E-state index contributed by atoms with van der Waals surface area (Å²) < 4.78 is 5.49. The average molecular weight is 425 g/mol. The molecule has 0 amide bonds. The minimum absolute atomic E-state index is 0.0230. The standard InChI is InChI=1S/C28H56O2/c1-5-7-8-9-10-11-12-13-14-15-19-22-25-30-28(29)27(4)24-21-18-16-17-20-23-26(3)6-2/h26-27H,5-25H2,1-4H3. The predicted molar refractivity (Wildman–Crippen MR) is 133 cm³/mol. The van der Waals surface area contributed by atoms with Crippen LogP contribution in [0.1, 0.15) is 156 Å². The molecule has 0 aromatic rings. The third-order valence-electron chi connectivity index (χ3n) is 6.68. The van der Waals surface area contributed by atoms with E-state index in [0.717, 1.165) is 25.2 Å². The Balaban J connectivity index is 3.33. The van der Waals surface area contributed by atoms with Gasteiger partial charge in [0.05, 0.1) is 12.5 Å². The third-order valence-corrected chi connectivity index (χ3v) is 6.68.